The first kappa shape index (κ1) is 19.1. The molecule has 0 bridgehead atoms. The molecule has 3 heteroatoms. The predicted molar refractivity (Wildman–Crippen MR) is 142 cm³/mol. The SMILES string of the molecule is c1ccc(-n2c3ccccc3c3cc(CCn4c5ccccc5c5ncccc54)ccc32)cc1. The highest BCUT2D eigenvalue weighted by molar-refractivity contribution is 6.09. The second kappa shape index (κ2) is 7.60. The van der Waals surface area contributed by atoms with E-state index in [-0.39, 0.29) is 0 Å². The van der Waals surface area contributed by atoms with Gasteiger partial charge in [0, 0.05) is 34.6 Å². The maximum absolute atomic E-state index is 4.67. The van der Waals surface area contributed by atoms with E-state index >= 15 is 0 Å². The van der Waals surface area contributed by atoms with E-state index in [1.165, 1.54) is 49.5 Å². The lowest BCUT2D eigenvalue weighted by atomic mass is 10.1. The first-order valence-corrected chi connectivity index (χ1v) is 11.8. The summed E-state index contributed by atoms with van der Waals surface area (Å²) in [6, 6.07) is 39.1. The van der Waals surface area contributed by atoms with Crippen molar-refractivity contribution in [1.29, 1.82) is 0 Å². The fourth-order valence-corrected chi connectivity index (χ4v) is 5.37. The largest absolute Gasteiger partial charge is 0.339 e. The molecule has 0 N–H and O–H groups in total. The van der Waals surface area contributed by atoms with Crippen LogP contribution < -0.4 is 0 Å². The zero-order valence-electron chi connectivity index (χ0n) is 18.7. The molecule has 0 radical (unpaired) electrons. The van der Waals surface area contributed by atoms with Crippen LogP contribution in [0.25, 0.3) is 49.4 Å². The maximum atomic E-state index is 4.67. The van der Waals surface area contributed by atoms with Crippen LogP contribution in [0.5, 0.6) is 0 Å². The molecule has 34 heavy (non-hydrogen) atoms. The Balaban J connectivity index is 1.34. The summed E-state index contributed by atoms with van der Waals surface area (Å²) >= 11 is 0. The molecule has 162 valence electrons. The average molecular weight is 438 g/mol. The molecule has 0 saturated carbocycles. The molecule has 0 saturated heterocycles. The van der Waals surface area contributed by atoms with Crippen LogP contribution in [0.15, 0.2) is 115 Å². The zero-order chi connectivity index (χ0) is 22.5. The highest BCUT2D eigenvalue weighted by Crippen LogP contribution is 2.33. The molecule has 3 nitrogen and oxygen atoms in total. The summed E-state index contributed by atoms with van der Waals surface area (Å²) in [6.45, 7) is 0.915. The summed E-state index contributed by atoms with van der Waals surface area (Å²) in [5, 5.41) is 3.82. The Morgan fingerprint density at radius 3 is 2.15 bits per heavy atom. The summed E-state index contributed by atoms with van der Waals surface area (Å²) in [6.07, 6.45) is 2.85. The van der Waals surface area contributed by atoms with Gasteiger partial charge in [0.25, 0.3) is 0 Å². The van der Waals surface area contributed by atoms with Crippen molar-refractivity contribution in [3.05, 3.63) is 121 Å². The second-order valence-electron chi connectivity index (χ2n) is 8.83. The molecule has 0 unspecified atom stereocenters. The van der Waals surface area contributed by atoms with Gasteiger partial charge in [0.15, 0.2) is 0 Å². The molecule has 0 atom stereocenters. The summed E-state index contributed by atoms with van der Waals surface area (Å²) in [5.74, 6) is 0. The van der Waals surface area contributed by atoms with Gasteiger partial charge < -0.3 is 9.13 Å². The third-order valence-electron chi connectivity index (χ3n) is 6.90. The normalized spacial score (nSPS) is 11.8. The molecule has 7 rings (SSSR count). The van der Waals surface area contributed by atoms with Gasteiger partial charge in [0.2, 0.25) is 0 Å². The van der Waals surface area contributed by atoms with Crippen molar-refractivity contribution in [3.8, 4) is 5.69 Å². The van der Waals surface area contributed by atoms with Gasteiger partial charge in [0.1, 0.15) is 0 Å². The van der Waals surface area contributed by atoms with Crippen LogP contribution in [0, 0.1) is 0 Å². The number of fused-ring (bicyclic) bond motifs is 6. The third-order valence-corrected chi connectivity index (χ3v) is 6.90. The Hall–Kier alpha value is -4.37. The van der Waals surface area contributed by atoms with Crippen LogP contribution in [0.3, 0.4) is 0 Å². The van der Waals surface area contributed by atoms with Crippen molar-refractivity contribution in [3.63, 3.8) is 0 Å². The highest BCUT2D eigenvalue weighted by atomic mass is 15.0. The molecule has 0 fully saturated rings. The van der Waals surface area contributed by atoms with Crippen LogP contribution >= 0.6 is 0 Å². The molecule has 0 aliphatic heterocycles. The van der Waals surface area contributed by atoms with E-state index in [4.69, 9.17) is 0 Å². The van der Waals surface area contributed by atoms with E-state index < -0.39 is 0 Å². The monoisotopic (exact) mass is 437 g/mol. The first-order chi connectivity index (χ1) is 16.9. The van der Waals surface area contributed by atoms with E-state index in [2.05, 4.69) is 117 Å². The number of aryl methyl sites for hydroxylation is 2. The Morgan fingerprint density at radius 2 is 1.26 bits per heavy atom. The third kappa shape index (κ3) is 2.87. The molecule has 3 heterocycles. The predicted octanol–water partition coefficient (Wildman–Crippen LogP) is 7.53. The Morgan fingerprint density at radius 1 is 0.559 bits per heavy atom. The lowest BCUT2D eigenvalue weighted by Crippen LogP contribution is -2.01. The number of aromatic nitrogens is 3. The second-order valence-corrected chi connectivity index (χ2v) is 8.83. The zero-order valence-corrected chi connectivity index (χ0v) is 18.7. The van der Waals surface area contributed by atoms with Crippen molar-refractivity contribution in [1.82, 2.24) is 14.1 Å². The van der Waals surface area contributed by atoms with Gasteiger partial charge in [-0.25, -0.2) is 0 Å². The molecule has 0 spiro atoms. The molecular weight excluding hydrogens is 414 g/mol. The molecule has 3 aromatic heterocycles. The number of rotatable bonds is 4. The molecular formula is C31H23N3. The smallest absolute Gasteiger partial charge is 0.0959 e. The number of hydrogen-bond donors (Lipinski definition) is 0. The van der Waals surface area contributed by atoms with E-state index in [1.54, 1.807) is 0 Å². The fraction of sp³-hybridized carbons (Fsp3) is 0.0645. The Kier molecular flexibility index (Phi) is 4.28. The van der Waals surface area contributed by atoms with Gasteiger partial charge in [-0.1, -0.05) is 60.7 Å². The first-order valence-electron chi connectivity index (χ1n) is 11.8. The lowest BCUT2D eigenvalue weighted by Gasteiger charge is -2.09. The van der Waals surface area contributed by atoms with Gasteiger partial charge >= 0.3 is 0 Å². The van der Waals surface area contributed by atoms with Crippen LogP contribution in [0.1, 0.15) is 5.56 Å². The van der Waals surface area contributed by atoms with Gasteiger partial charge in [-0.15, -0.1) is 0 Å². The molecule has 7 aromatic rings. The minimum Gasteiger partial charge on any atom is -0.339 e. The van der Waals surface area contributed by atoms with Crippen LogP contribution in [0.2, 0.25) is 0 Å². The summed E-state index contributed by atoms with van der Waals surface area (Å²) in [4.78, 5) is 4.67. The molecule has 4 aromatic carbocycles. The lowest BCUT2D eigenvalue weighted by molar-refractivity contribution is 0.745. The number of hydrogen-bond acceptors (Lipinski definition) is 1. The van der Waals surface area contributed by atoms with Gasteiger partial charge in [-0.05, 0) is 60.5 Å². The number of pyridine rings is 1. The minimum absolute atomic E-state index is 0.915. The van der Waals surface area contributed by atoms with Crippen LogP contribution in [-0.4, -0.2) is 14.1 Å². The van der Waals surface area contributed by atoms with Crippen molar-refractivity contribution in [2.75, 3.05) is 0 Å². The number of benzene rings is 4. The minimum atomic E-state index is 0.915. The molecule has 0 aliphatic rings. The topological polar surface area (TPSA) is 22.8 Å². The van der Waals surface area contributed by atoms with Gasteiger partial charge in [-0.3, -0.25) is 4.98 Å². The van der Waals surface area contributed by atoms with Gasteiger partial charge in [-0.2, -0.15) is 0 Å². The fourth-order valence-electron chi connectivity index (χ4n) is 5.37. The van der Waals surface area contributed by atoms with Crippen molar-refractivity contribution >= 4 is 43.7 Å². The van der Waals surface area contributed by atoms with Crippen molar-refractivity contribution in [2.24, 2.45) is 0 Å². The van der Waals surface area contributed by atoms with E-state index in [1.807, 2.05) is 12.3 Å². The molecule has 0 aliphatic carbocycles. The van der Waals surface area contributed by atoms with E-state index in [0.29, 0.717) is 0 Å². The maximum Gasteiger partial charge on any atom is 0.0959 e. The summed E-state index contributed by atoms with van der Waals surface area (Å²) < 4.78 is 4.78. The number of para-hydroxylation sites is 3. The molecule has 0 amide bonds. The highest BCUT2D eigenvalue weighted by Gasteiger charge is 2.14. The average Bonchev–Trinajstić information content (AvgIpc) is 3.40. The Labute approximate surface area is 197 Å². The quantitative estimate of drug-likeness (QED) is 0.279. The number of nitrogens with zero attached hydrogens (tertiary/aromatic N) is 3. The summed E-state index contributed by atoms with van der Waals surface area (Å²) in [7, 11) is 0. The Bertz CT molecular complexity index is 1750. The standard InChI is InChI=1S/C31H23N3/c1-2-9-23(10-3-1)34-28-14-7-4-11-24(28)26-21-22(16-17-29(26)34)18-20-33-27-13-6-5-12-25(27)31-30(33)15-8-19-32-31/h1-17,19,21H,18,20H2. The summed E-state index contributed by atoms with van der Waals surface area (Å²) in [5.41, 5.74) is 8.56. The van der Waals surface area contributed by atoms with E-state index in [9.17, 15) is 0 Å². The van der Waals surface area contributed by atoms with Crippen LogP contribution in [0.4, 0.5) is 0 Å². The van der Waals surface area contributed by atoms with Crippen molar-refractivity contribution < 1.29 is 0 Å². The van der Waals surface area contributed by atoms with Crippen LogP contribution in [-0.2, 0) is 13.0 Å². The van der Waals surface area contributed by atoms with Crippen molar-refractivity contribution in [2.45, 2.75) is 13.0 Å². The van der Waals surface area contributed by atoms with Gasteiger partial charge in [0.05, 0.1) is 27.6 Å². The van der Waals surface area contributed by atoms with E-state index in [0.717, 1.165) is 18.5 Å².